The molecule has 0 nitrogen and oxygen atoms in total. The number of hydrogen-bond acceptors (Lipinski definition) is 4. The van der Waals surface area contributed by atoms with Crippen molar-refractivity contribution in [2.75, 3.05) is 0 Å². The van der Waals surface area contributed by atoms with Crippen LogP contribution < -0.4 is 0 Å². The first kappa shape index (κ1) is 15.2. The van der Waals surface area contributed by atoms with Gasteiger partial charge >= 0.3 is 0 Å². The highest BCUT2D eigenvalue weighted by molar-refractivity contribution is 8.02. The molecule has 4 aromatic rings. The fraction of sp³-hybridized carbons (Fsp3) is 0.200. The lowest BCUT2D eigenvalue weighted by Gasteiger charge is -2.15. The molecule has 0 N–H and O–H groups in total. The number of benzene rings is 1. The Morgan fingerprint density at radius 2 is 1.79 bits per heavy atom. The molecule has 0 saturated heterocycles. The first-order valence-corrected chi connectivity index (χ1v) is 11.5. The van der Waals surface area contributed by atoms with Crippen molar-refractivity contribution >= 4 is 65.9 Å². The van der Waals surface area contributed by atoms with Gasteiger partial charge in [0, 0.05) is 40.2 Å². The van der Waals surface area contributed by atoms with E-state index in [1.807, 2.05) is 45.8 Å². The fourth-order valence-corrected chi connectivity index (χ4v) is 7.78. The number of thioether (sulfide) groups is 1. The summed E-state index contributed by atoms with van der Waals surface area (Å²) in [5.74, 6) is 0. The largest absolute Gasteiger partial charge is 0.144 e. The molecule has 0 bridgehead atoms. The van der Waals surface area contributed by atoms with Gasteiger partial charge in [-0.25, -0.2) is 0 Å². The van der Waals surface area contributed by atoms with Gasteiger partial charge in [0.05, 0.1) is 0 Å². The van der Waals surface area contributed by atoms with Crippen LogP contribution in [-0.2, 0) is 0 Å². The zero-order chi connectivity index (χ0) is 16.3. The molecule has 1 unspecified atom stereocenters. The molecule has 4 heteroatoms. The number of fused-ring (bicyclic) bond motifs is 2. The minimum absolute atomic E-state index is 0.569. The van der Waals surface area contributed by atoms with Crippen molar-refractivity contribution in [3.8, 4) is 10.4 Å². The maximum Gasteiger partial charge on any atom is 0.0442 e. The smallest absolute Gasteiger partial charge is 0.0442 e. The summed E-state index contributed by atoms with van der Waals surface area (Å²) >= 11 is 7.76. The summed E-state index contributed by atoms with van der Waals surface area (Å²) < 4.78 is 2.98. The van der Waals surface area contributed by atoms with E-state index in [0.717, 1.165) is 6.42 Å². The first-order valence-electron chi connectivity index (χ1n) is 8.03. The molecule has 1 aliphatic rings. The molecule has 0 spiro atoms. The van der Waals surface area contributed by atoms with Crippen LogP contribution in [0.3, 0.4) is 0 Å². The Labute approximate surface area is 157 Å². The van der Waals surface area contributed by atoms with E-state index < -0.39 is 0 Å². The van der Waals surface area contributed by atoms with Crippen molar-refractivity contribution in [2.24, 2.45) is 0 Å². The normalized spacial score (nSPS) is 17.5. The van der Waals surface area contributed by atoms with Gasteiger partial charge in [-0.15, -0.1) is 45.8 Å². The molecule has 24 heavy (non-hydrogen) atoms. The molecule has 3 aromatic heterocycles. The molecule has 1 aliphatic heterocycles. The van der Waals surface area contributed by atoms with E-state index in [9.17, 15) is 0 Å². The third kappa shape index (κ3) is 2.24. The molecule has 0 saturated carbocycles. The van der Waals surface area contributed by atoms with Crippen molar-refractivity contribution < 1.29 is 0 Å². The summed E-state index contributed by atoms with van der Waals surface area (Å²) in [5.41, 5.74) is 3.02. The van der Waals surface area contributed by atoms with Crippen LogP contribution in [0.5, 0.6) is 0 Å². The second kappa shape index (κ2) is 5.73. The average Bonchev–Trinajstić information content (AvgIpc) is 3.31. The van der Waals surface area contributed by atoms with E-state index in [1.54, 1.807) is 5.56 Å². The number of aryl methyl sites for hydroxylation is 2. The van der Waals surface area contributed by atoms with Crippen LogP contribution in [0.1, 0.15) is 27.0 Å². The molecule has 0 fully saturated rings. The standard InChI is InChI=1S/C20H16S4/c1-11-9-13-17(15-5-3-7-21-15)20-14(10-12(2)24-20)18(19(13)23-11)16-6-4-8-22-16/h3-5,7-10,16H,6H2,1-2H3. The SMILES string of the molecule is Cc1cc2c(C3CC=CS3)c3sc(C)cc3c(-c3cccs3)c2s1. The van der Waals surface area contributed by atoms with E-state index in [-0.39, 0.29) is 0 Å². The Balaban J connectivity index is 1.96. The molecule has 0 radical (unpaired) electrons. The van der Waals surface area contributed by atoms with Gasteiger partial charge in [-0.2, -0.15) is 0 Å². The highest BCUT2D eigenvalue weighted by Gasteiger charge is 2.25. The highest BCUT2D eigenvalue weighted by Crippen LogP contribution is 2.52. The van der Waals surface area contributed by atoms with E-state index in [2.05, 4.69) is 55.0 Å². The average molecular weight is 385 g/mol. The summed E-state index contributed by atoms with van der Waals surface area (Å²) in [5, 5.41) is 7.97. The summed E-state index contributed by atoms with van der Waals surface area (Å²) in [6.45, 7) is 4.48. The van der Waals surface area contributed by atoms with Crippen LogP contribution in [0, 0.1) is 13.8 Å². The van der Waals surface area contributed by atoms with E-state index in [1.165, 1.54) is 40.4 Å². The lowest BCUT2D eigenvalue weighted by atomic mass is 9.97. The molecule has 1 aromatic carbocycles. The van der Waals surface area contributed by atoms with Crippen molar-refractivity contribution in [1.29, 1.82) is 0 Å². The maximum absolute atomic E-state index is 2.42. The zero-order valence-corrected chi connectivity index (χ0v) is 16.7. The first-order chi connectivity index (χ1) is 11.7. The maximum atomic E-state index is 2.42. The van der Waals surface area contributed by atoms with Gasteiger partial charge in [0.2, 0.25) is 0 Å². The Bertz CT molecular complexity index is 1010. The second-order valence-corrected chi connectivity index (χ2v) is 10.8. The molecular formula is C20H16S4. The van der Waals surface area contributed by atoms with Crippen LogP contribution in [0.2, 0.25) is 0 Å². The quantitative estimate of drug-likeness (QED) is 0.336. The molecule has 120 valence electrons. The number of hydrogen-bond donors (Lipinski definition) is 0. The topological polar surface area (TPSA) is 0 Å². The van der Waals surface area contributed by atoms with Gasteiger partial charge in [0.1, 0.15) is 0 Å². The van der Waals surface area contributed by atoms with Crippen molar-refractivity contribution in [2.45, 2.75) is 25.5 Å². The summed E-state index contributed by atoms with van der Waals surface area (Å²) in [6.07, 6.45) is 3.47. The summed E-state index contributed by atoms with van der Waals surface area (Å²) in [7, 11) is 0. The minimum atomic E-state index is 0.569. The fourth-order valence-electron chi connectivity index (χ4n) is 3.60. The van der Waals surface area contributed by atoms with Crippen molar-refractivity contribution in [3.63, 3.8) is 0 Å². The Morgan fingerprint density at radius 1 is 1.00 bits per heavy atom. The number of allylic oxidation sites excluding steroid dienone is 1. The third-order valence-corrected chi connectivity index (χ3v) is 8.67. The molecule has 1 atom stereocenters. The Morgan fingerprint density at radius 3 is 2.50 bits per heavy atom. The monoisotopic (exact) mass is 384 g/mol. The molecular weight excluding hydrogens is 368 g/mol. The Kier molecular flexibility index (Phi) is 3.63. The lowest BCUT2D eigenvalue weighted by Crippen LogP contribution is -1.92. The van der Waals surface area contributed by atoms with Crippen LogP contribution in [0.25, 0.3) is 30.6 Å². The molecule has 4 heterocycles. The number of rotatable bonds is 2. The van der Waals surface area contributed by atoms with Gasteiger partial charge in [-0.1, -0.05) is 12.1 Å². The third-order valence-electron chi connectivity index (χ3n) is 4.52. The van der Waals surface area contributed by atoms with Gasteiger partial charge in [-0.3, -0.25) is 0 Å². The second-order valence-electron chi connectivity index (χ2n) is 6.20. The zero-order valence-electron chi connectivity index (χ0n) is 13.5. The summed E-state index contributed by atoms with van der Waals surface area (Å²) in [6, 6.07) is 9.26. The van der Waals surface area contributed by atoms with E-state index >= 15 is 0 Å². The molecule has 5 rings (SSSR count). The van der Waals surface area contributed by atoms with Gasteiger partial charge in [-0.05, 0) is 60.2 Å². The highest BCUT2D eigenvalue weighted by atomic mass is 32.2. The van der Waals surface area contributed by atoms with Gasteiger partial charge < -0.3 is 0 Å². The van der Waals surface area contributed by atoms with Gasteiger partial charge in [0.15, 0.2) is 0 Å². The molecule has 0 amide bonds. The van der Waals surface area contributed by atoms with E-state index in [4.69, 9.17) is 0 Å². The minimum Gasteiger partial charge on any atom is -0.144 e. The Hall–Kier alpha value is -1.07. The van der Waals surface area contributed by atoms with Crippen molar-refractivity contribution in [1.82, 2.24) is 0 Å². The predicted octanol–water partition coefficient (Wildman–Crippen LogP) is 8.15. The number of thiophene rings is 3. The lowest BCUT2D eigenvalue weighted by molar-refractivity contribution is 1.01. The van der Waals surface area contributed by atoms with Crippen LogP contribution in [-0.4, -0.2) is 0 Å². The predicted molar refractivity (Wildman–Crippen MR) is 114 cm³/mol. The van der Waals surface area contributed by atoms with E-state index in [0.29, 0.717) is 5.25 Å². The van der Waals surface area contributed by atoms with Gasteiger partial charge in [0.25, 0.3) is 0 Å². The van der Waals surface area contributed by atoms with Crippen LogP contribution in [0.4, 0.5) is 0 Å². The summed E-state index contributed by atoms with van der Waals surface area (Å²) in [4.78, 5) is 4.22. The van der Waals surface area contributed by atoms with Crippen LogP contribution >= 0.6 is 45.8 Å². The van der Waals surface area contributed by atoms with Crippen LogP contribution in [0.15, 0.2) is 41.1 Å². The molecule has 0 aliphatic carbocycles. The van der Waals surface area contributed by atoms with Crippen molar-refractivity contribution in [3.05, 3.63) is 56.4 Å².